The number of rotatable bonds is 7. The monoisotopic (exact) mass is 621 g/mol. The molecular formula is C32H23ClF3N3O5. The molecule has 2 aliphatic rings. The molecule has 0 spiro atoms. The van der Waals surface area contributed by atoms with Crippen molar-refractivity contribution >= 4 is 28.6 Å². The standard InChI is InChI=1S/C32H23ClF3N3O5/c1-32(26-8-6-17(33)14-37-26)43-25-4-2-3-19(30(25)44-32)20-12-22(34)21(29(36)28(20)35)13-27-38-23-7-5-16(31(40)41)11-24(23)39(27)15-18-9-10-42-18/h2-8,11-12,14,18H,9-10,13,15H2,1H3,(H,40,41)/t18-,32?/m0/s1. The van der Waals surface area contributed by atoms with Gasteiger partial charge in [-0.25, -0.2) is 22.9 Å². The van der Waals surface area contributed by atoms with Gasteiger partial charge in [-0.1, -0.05) is 23.7 Å². The summed E-state index contributed by atoms with van der Waals surface area (Å²) in [5.41, 5.74) is 0.578. The van der Waals surface area contributed by atoms with Crippen molar-refractivity contribution in [2.24, 2.45) is 0 Å². The molecular weight excluding hydrogens is 599 g/mol. The topological polar surface area (TPSA) is 95.7 Å². The molecule has 8 nitrogen and oxygen atoms in total. The minimum Gasteiger partial charge on any atom is -0.478 e. The summed E-state index contributed by atoms with van der Waals surface area (Å²) >= 11 is 5.96. The summed E-state index contributed by atoms with van der Waals surface area (Å²) < 4.78 is 66.6. The fraction of sp³-hybridized carbons (Fsp3) is 0.219. The number of halogens is 4. The molecule has 0 bridgehead atoms. The number of benzene rings is 3. The molecule has 1 unspecified atom stereocenters. The van der Waals surface area contributed by atoms with Crippen LogP contribution in [0.15, 0.2) is 60.8 Å². The van der Waals surface area contributed by atoms with Gasteiger partial charge in [0.1, 0.15) is 17.3 Å². The highest BCUT2D eigenvalue weighted by molar-refractivity contribution is 6.30. The molecule has 224 valence electrons. The van der Waals surface area contributed by atoms with Crippen LogP contribution >= 0.6 is 11.6 Å². The number of carbonyl (C=O) groups is 1. The summed E-state index contributed by atoms with van der Waals surface area (Å²) in [7, 11) is 0. The van der Waals surface area contributed by atoms with Crippen LogP contribution in [-0.2, 0) is 23.5 Å². The molecule has 0 amide bonds. The zero-order valence-corrected chi connectivity index (χ0v) is 23.9. The van der Waals surface area contributed by atoms with Crippen LogP contribution in [0.4, 0.5) is 13.2 Å². The van der Waals surface area contributed by atoms with Crippen LogP contribution in [0.25, 0.3) is 22.2 Å². The Morgan fingerprint density at radius 1 is 1.09 bits per heavy atom. The van der Waals surface area contributed by atoms with E-state index in [4.69, 9.17) is 25.8 Å². The number of para-hydroxylation sites is 1. The van der Waals surface area contributed by atoms with Crippen molar-refractivity contribution in [3.05, 3.63) is 106 Å². The second-order valence-electron chi connectivity index (χ2n) is 10.8. The highest BCUT2D eigenvalue weighted by Crippen LogP contribution is 2.49. The number of imidazole rings is 1. The number of pyridine rings is 1. The number of carboxylic acids is 1. The SMILES string of the molecule is CC1(c2ccc(Cl)cn2)Oc2cccc(-c3cc(F)c(Cc4nc5ccc(C(=O)O)cc5n4C[C@@H]4CCO4)c(F)c3F)c2O1. The molecule has 3 aromatic carbocycles. The van der Waals surface area contributed by atoms with Crippen LogP contribution in [0.5, 0.6) is 11.5 Å². The molecule has 5 aromatic rings. The zero-order valence-electron chi connectivity index (χ0n) is 23.1. The summed E-state index contributed by atoms with van der Waals surface area (Å²) in [6, 6.07) is 13.2. The van der Waals surface area contributed by atoms with Gasteiger partial charge in [-0.3, -0.25) is 4.98 Å². The molecule has 1 fully saturated rings. The molecule has 1 saturated heterocycles. The number of hydrogen-bond donors (Lipinski definition) is 1. The summed E-state index contributed by atoms with van der Waals surface area (Å²) in [5, 5.41) is 9.89. The van der Waals surface area contributed by atoms with E-state index in [2.05, 4.69) is 9.97 Å². The molecule has 2 aliphatic heterocycles. The molecule has 0 saturated carbocycles. The minimum absolute atomic E-state index is 0.0389. The Kier molecular flexibility index (Phi) is 6.74. The van der Waals surface area contributed by atoms with Crippen molar-refractivity contribution in [1.29, 1.82) is 0 Å². The zero-order chi connectivity index (χ0) is 30.7. The Hall–Kier alpha value is -4.61. The van der Waals surface area contributed by atoms with Crippen LogP contribution in [0.1, 0.15) is 40.8 Å². The largest absolute Gasteiger partial charge is 0.478 e. The Bertz CT molecular complexity index is 1960. The van der Waals surface area contributed by atoms with Gasteiger partial charge in [-0.05, 0) is 48.9 Å². The van der Waals surface area contributed by atoms with Gasteiger partial charge in [0.05, 0.1) is 34.3 Å². The fourth-order valence-electron chi connectivity index (χ4n) is 5.51. The first kappa shape index (κ1) is 28.2. The molecule has 2 atom stereocenters. The van der Waals surface area contributed by atoms with E-state index in [1.165, 1.54) is 30.5 Å². The maximum atomic E-state index is 15.8. The van der Waals surface area contributed by atoms with Gasteiger partial charge in [0.15, 0.2) is 23.1 Å². The Morgan fingerprint density at radius 3 is 2.61 bits per heavy atom. The average Bonchev–Trinajstić information content (AvgIpc) is 3.51. The predicted octanol–water partition coefficient (Wildman–Crippen LogP) is 6.89. The summed E-state index contributed by atoms with van der Waals surface area (Å²) in [6.45, 7) is 2.50. The van der Waals surface area contributed by atoms with Crippen molar-refractivity contribution < 1.29 is 37.3 Å². The molecule has 4 heterocycles. The maximum Gasteiger partial charge on any atom is 0.335 e. The van der Waals surface area contributed by atoms with Crippen LogP contribution in [0.3, 0.4) is 0 Å². The van der Waals surface area contributed by atoms with E-state index in [-0.39, 0.29) is 46.5 Å². The van der Waals surface area contributed by atoms with Crippen LogP contribution in [-0.4, -0.2) is 38.3 Å². The smallest absolute Gasteiger partial charge is 0.335 e. The van der Waals surface area contributed by atoms with Gasteiger partial charge in [0.25, 0.3) is 5.79 Å². The first-order valence-corrected chi connectivity index (χ1v) is 14.1. The first-order valence-electron chi connectivity index (χ1n) is 13.7. The highest BCUT2D eigenvalue weighted by atomic mass is 35.5. The molecule has 0 radical (unpaired) electrons. The van der Waals surface area contributed by atoms with E-state index in [1.807, 2.05) is 0 Å². The van der Waals surface area contributed by atoms with Crippen LogP contribution in [0, 0.1) is 17.5 Å². The summed E-state index contributed by atoms with van der Waals surface area (Å²) in [5.74, 6) is -5.54. The maximum absolute atomic E-state index is 15.8. The van der Waals surface area contributed by atoms with Gasteiger partial charge in [0, 0.05) is 42.8 Å². The lowest BCUT2D eigenvalue weighted by molar-refractivity contribution is -0.0715. The third kappa shape index (κ3) is 4.72. The average molecular weight is 622 g/mol. The normalized spacial score (nSPS) is 18.9. The van der Waals surface area contributed by atoms with E-state index < -0.39 is 34.8 Å². The number of nitrogens with zero attached hydrogens (tertiary/aromatic N) is 3. The summed E-state index contributed by atoms with van der Waals surface area (Å²) in [6.07, 6.45) is 1.65. The van der Waals surface area contributed by atoms with Gasteiger partial charge in [-0.2, -0.15) is 0 Å². The first-order chi connectivity index (χ1) is 21.1. The van der Waals surface area contributed by atoms with Gasteiger partial charge >= 0.3 is 5.97 Å². The number of aromatic nitrogens is 3. The van der Waals surface area contributed by atoms with Crippen molar-refractivity contribution in [3.8, 4) is 22.6 Å². The number of hydrogen-bond acceptors (Lipinski definition) is 6. The third-order valence-corrected chi connectivity index (χ3v) is 8.13. The highest BCUT2D eigenvalue weighted by Gasteiger charge is 2.42. The molecule has 12 heteroatoms. The van der Waals surface area contributed by atoms with E-state index in [9.17, 15) is 9.90 Å². The summed E-state index contributed by atoms with van der Waals surface area (Å²) in [4.78, 5) is 20.4. The number of ether oxygens (including phenoxy) is 3. The van der Waals surface area contributed by atoms with E-state index in [0.717, 1.165) is 12.5 Å². The minimum atomic E-state index is -1.39. The van der Waals surface area contributed by atoms with E-state index >= 15 is 13.2 Å². The quantitative estimate of drug-likeness (QED) is 0.198. The fourth-order valence-corrected chi connectivity index (χ4v) is 5.63. The van der Waals surface area contributed by atoms with Crippen LogP contribution < -0.4 is 9.47 Å². The number of aromatic carboxylic acids is 1. The van der Waals surface area contributed by atoms with Crippen molar-refractivity contribution in [3.63, 3.8) is 0 Å². The van der Waals surface area contributed by atoms with Crippen molar-refractivity contribution in [2.75, 3.05) is 6.61 Å². The Labute approximate surface area is 253 Å². The lowest BCUT2D eigenvalue weighted by Gasteiger charge is -2.27. The van der Waals surface area contributed by atoms with Gasteiger partial charge in [0.2, 0.25) is 0 Å². The lowest BCUT2D eigenvalue weighted by atomic mass is 9.99. The molecule has 7 rings (SSSR count). The molecule has 0 aliphatic carbocycles. The predicted molar refractivity (Wildman–Crippen MR) is 153 cm³/mol. The molecule has 2 aromatic heterocycles. The lowest BCUT2D eigenvalue weighted by Crippen LogP contribution is -2.32. The van der Waals surface area contributed by atoms with Crippen LogP contribution in [0.2, 0.25) is 5.02 Å². The third-order valence-electron chi connectivity index (χ3n) is 7.91. The second-order valence-corrected chi connectivity index (χ2v) is 11.2. The molecule has 44 heavy (non-hydrogen) atoms. The Morgan fingerprint density at radius 2 is 1.91 bits per heavy atom. The number of carboxylic acid groups (broad SMARTS) is 1. The molecule has 1 N–H and O–H groups in total. The van der Waals surface area contributed by atoms with Crippen molar-refractivity contribution in [2.45, 2.75) is 38.2 Å². The van der Waals surface area contributed by atoms with Gasteiger partial charge < -0.3 is 23.9 Å². The van der Waals surface area contributed by atoms with Gasteiger partial charge in [-0.15, -0.1) is 0 Å². The van der Waals surface area contributed by atoms with E-state index in [0.29, 0.717) is 34.9 Å². The second kappa shape index (κ2) is 10.5. The van der Waals surface area contributed by atoms with Crippen molar-refractivity contribution in [1.82, 2.24) is 14.5 Å². The van der Waals surface area contributed by atoms with E-state index in [1.54, 1.807) is 35.8 Å². The Balaban J connectivity index is 1.26. The number of fused-ring (bicyclic) bond motifs is 2.